The number of hydrogen-bond acceptors (Lipinski definition) is 4. The number of carbonyl (C=O) groups excluding carboxylic acids is 1. The Morgan fingerprint density at radius 1 is 1.06 bits per heavy atom. The molecular weight excluding hydrogens is 470 g/mol. The van der Waals surface area contributed by atoms with Crippen molar-refractivity contribution in [2.24, 2.45) is 0 Å². The van der Waals surface area contributed by atoms with Crippen molar-refractivity contribution in [1.82, 2.24) is 24.8 Å². The van der Waals surface area contributed by atoms with E-state index in [9.17, 15) is 4.79 Å². The van der Waals surface area contributed by atoms with E-state index in [1.165, 1.54) is 5.56 Å². The summed E-state index contributed by atoms with van der Waals surface area (Å²) >= 11 is 6.03. The normalized spacial score (nSPS) is 14.9. The van der Waals surface area contributed by atoms with Crippen LogP contribution >= 0.6 is 11.6 Å². The fourth-order valence-corrected chi connectivity index (χ4v) is 5.19. The molecule has 0 aliphatic carbocycles. The maximum Gasteiger partial charge on any atom is 0.220 e. The second-order valence-electron chi connectivity index (χ2n) is 9.67. The van der Waals surface area contributed by atoms with Crippen molar-refractivity contribution in [1.29, 1.82) is 0 Å². The van der Waals surface area contributed by atoms with Crippen LogP contribution in [0.4, 0.5) is 0 Å². The highest BCUT2D eigenvalue weighted by atomic mass is 35.5. The zero-order valence-electron chi connectivity index (χ0n) is 20.9. The van der Waals surface area contributed by atoms with Gasteiger partial charge in [-0.05, 0) is 56.4 Å². The highest BCUT2D eigenvalue weighted by molar-refractivity contribution is 6.30. The molecule has 7 heteroatoms. The van der Waals surface area contributed by atoms with E-state index in [0.29, 0.717) is 17.9 Å². The molecule has 0 spiro atoms. The summed E-state index contributed by atoms with van der Waals surface area (Å²) in [5.74, 6) is 0.109. The van der Waals surface area contributed by atoms with Gasteiger partial charge in [0.1, 0.15) is 0 Å². The van der Waals surface area contributed by atoms with Crippen LogP contribution < -0.4 is 5.32 Å². The van der Waals surface area contributed by atoms with E-state index in [2.05, 4.69) is 47.5 Å². The van der Waals surface area contributed by atoms with Gasteiger partial charge in [0.05, 0.1) is 5.69 Å². The molecule has 0 bridgehead atoms. The van der Waals surface area contributed by atoms with E-state index in [4.69, 9.17) is 21.7 Å². The summed E-state index contributed by atoms with van der Waals surface area (Å²) < 4.78 is 1.88. The van der Waals surface area contributed by atoms with E-state index in [1.54, 1.807) is 0 Å². The number of carbonyl (C=O) groups is 1. The van der Waals surface area contributed by atoms with Gasteiger partial charge in [-0.25, -0.2) is 9.50 Å². The molecule has 0 saturated carbocycles. The van der Waals surface area contributed by atoms with E-state index in [0.717, 1.165) is 66.3 Å². The van der Waals surface area contributed by atoms with Crippen molar-refractivity contribution in [3.63, 3.8) is 0 Å². The first-order valence-corrected chi connectivity index (χ1v) is 13.0. The Kier molecular flexibility index (Phi) is 7.35. The Morgan fingerprint density at radius 3 is 2.50 bits per heavy atom. The van der Waals surface area contributed by atoms with E-state index in [-0.39, 0.29) is 11.9 Å². The molecule has 1 saturated heterocycles. The molecule has 1 N–H and O–H groups in total. The summed E-state index contributed by atoms with van der Waals surface area (Å²) in [4.78, 5) is 20.0. The Bertz CT molecular complexity index is 1340. The Balaban J connectivity index is 1.17. The monoisotopic (exact) mass is 501 g/mol. The third kappa shape index (κ3) is 5.61. The minimum absolute atomic E-state index is 0.109. The Hall–Kier alpha value is -3.22. The Morgan fingerprint density at radius 2 is 1.78 bits per heavy atom. The lowest BCUT2D eigenvalue weighted by Crippen LogP contribution is -2.44. The molecule has 1 aliphatic heterocycles. The van der Waals surface area contributed by atoms with Crippen molar-refractivity contribution in [3.05, 3.63) is 88.2 Å². The third-order valence-corrected chi connectivity index (χ3v) is 7.36. The van der Waals surface area contributed by atoms with Crippen LogP contribution in [0.5, 0.6) is 0 Å². The molecule has 186 valence electrons. The highest BCUT2D eigenvalue weighted by Crippen LogP contribution is 2.24. The lowest BCUT2D eigenvalue weighted by atomic mass is 10.0. The summed E-state index contributed by atoms with van der Waals surface area (Å²) in [5, 5.41) is 8.74. The molecule has 2 aromatic heterocycles. The van der Waals surface area contributed by atoms with Gasteiger partial charge in [0, 0.05) is 60.1 Å². The van der Waals surface area contributed by atoms with Crippen LogP contribution in [0, 0.1) is 13.8 Å². The average molecular weight is 502 g/mol. The smallest absolute Gasteiger partial charge is 0.220 e. The minimum Gasteiger partial charge on any atom is -0.353 e. The number of fused-ring (bicyclic) bond motifs is 1. The molecule has 1 aliphatic rings. The van der Waals surface area contributed by atoms with Gasteiger partial charge < -0.3 is 5.32 Å². The molecule has 1 fully saturated rings. The summed E-state index contributed by atoms with van der Waals surface area (Å²) in [5.41, 5.74) is 7.07. The molecule has 5 rings (SSSR count). The number of hydrogen-bond donors (Lipinski definition) is 1. The molecule has 0 unspecified atom stereocenters. The van der Waals surface area contributed by atoms with Crippen LogP contribution in [0.3, 0.4) is 0 Å². The van der Waals surface area contributed by atoms with Gasteiger partial charge in [-0.15, -0.1) is 0 Å². The number of amides is 1. The maximum absolute atomic E-state index is 12.8. The number of rotatable bonds is 7. The van der Waals surface area contributed by atoms with Crippen LogP contribution in [0.25, 0.3) is 16.9 Å². The topological polar surface area (TPSA) is 62.5 Å². The number of halogens is 1. The number of aromatic nitrogens is 3. The third-order valence-electron chi connectivity index (χ3n) is 7.11. The number of nitrogens with one attached hydrogen (secondary N) is 1. The second kappa shape index (κ2) is 10.8. The number of likely N-dealkylation sites (tertiary alicyclic amines) is 1. The van der Waals surface area contributed by atoms with Crippen molar-refractivity contribution >= 4 is 23.2 Å². The molecule has 0 atom stereocenters. The predicted molar refractivity (Wildman–Crippen MR) is 144 cm³/mol. The van der Waals surface area contributed by atoms with Crippen LogP contribution in [-0.4, -0.2) is 44.5 Å². The first-order valence-electron chi connectivity index (χ1n) is 12.6. The fourth-order valence-electron chi connectivity index (χ4n) is 5.07. The lowest BCUT2D eigenvalue weighted by Gasteiger charge is -2.32. The standard InChI is InChI=1S/C29H32ClN5O/c1-20-26(21(2)35-28(31-20)18-27(33-35)23-8-10-24(30)11-9-23)12-13-29(36)32-25-14-16-34(17-15-25)19-22-6-4-3-5-7-22/h3-11,18,25H,12-17,19H2,1-2H3,(H,32,36). The zero-order valence-corrected chi connectivity index (χ0v) is 21.6. The number of piperidine rings is 1. The molecule has 0 radical (unpaired) electrons. The largest absolute Gasteiger partial charge is 0.353 e. The van der Waals surface area contributed by atoms with Crippen molar-refractivity contribution < 1.29 is 4.79 Å². The molecule has 4 aromatic rings. The van der Waals surface area contributed by atoms with Crippen molar-refractivity contribution in [2.75, 3.05) is 13.1 Å². The van der Waals surface area contributed by atoms with E-state index >= 15 is 0 Å². The average Bonchev–Trinajstić information content (AvgIpc) is 3.30. The van der Waals surface area contributed by atoms with Gasteiger partial charge in [0.2, 0.25) is 5.91 Å². The molecule has 1 amide bonds. The van der Waals surface area contributed by atoms with Crippen LogP contribution in [-0.2, 0) is 17.8 Å². The molecule has 36 heavy (non-hydrogen) atoms. The molecular formula is C29H32ClN5O. The first-order chi connectivity index (χ1) is 17.5. The minimum atomic E-state index is 0.109. The van der Waals surface area contributed by atoms with Crippen LogP contribution in [0.1, 0.15) is 41.8 Å². The fraction of sp³-hybridized carbons (Fsp3) is 0.345. The van der Waals surface area contributed by atoms with Gasteiger partial charge in [0.25, 0.3) is 0 Å². The SMILES string of the molecule is Cc1nc2cc(-c3ccc(Cl)cc3)nn2c(C)c1CCC(=O)NC1CCN(Cc2ccccc2)CC1. The van der Waals surface area contributed by atoms with Gasteiger partial charge in [0.15, 0.2) is 5.65 Å². The van der Waals surface area contributed by atoms with Crippen molar-refractivity contribution in [2.45, 2.75) is 52.1 Å². The zero-order chi connectivity index (χ0) is 25.1. The number of nitrogens with zero attached hydrogens (tertiary/aromatic N) is 4. The lowest BCUT2D eigenvalue weighted by molar-refractivity contribution is -0.122. The van der Waals surface area contributed by atoms with Gasteiger partial charge in [-0.2, -0.15) is 5.10 Å². The maximum atomic E-state index is 12.8. The Labute approximate surface area is 217 Å². The second-order valence-corrected chi connectivity index (χ2v) is 10.1. The predicted octanol–water partition coefficient (Wildman–Crippen LogP) is 5.38. The summed E-state index contributed by atoms with van der Waals surface area (Å²) in [6.07, 6.45) is 3.08. The van der Waals surface area contributed by atoms with Gasteiger partial charge >= 0.3 is 0 Å². The first kappa shape index (κ1) is 24.5. The highest BCUT2D eigenvalue weighted by Gasteiger charge is 2.21. The van der Waals surface area contributed by atoms with Gasteiger partial charge in [-0.1, -0.05) is 54.1 Å². The summed E-state index contributed by atoms with van der Waals surface area (Å²) in [6, 6.07) is 20.5. The van der Waals surface area contributed by atoms with E-state index in [1.807, 2.05) is 41.8 Å². The van der Waals surface area contributed by atoms with Crippen LogP contribution in [0.2, 0.25) is 5.02 Å². The molecule has 3 heterocycles. The molecule has 6 nitrogen and oxygen atoms in total. The van der Waals surface area contributed by atoms with E-state index < -0.39 is 0 Å². The number of aryl methyl sites for hydroxylation is 2. The van der Waals surface area contributed by atoms with Crippen LogP contribution in [0.15, 0.2) is 60.7 Å². The quantitative estimate of drug-likeness (QED) is 0.369. The van der Waals surface area contributed by atoms with Gasteiger partial charge in [-0.3, -0.25) is 9.69 Å². The number of benzene rings is 2. The summed E-state index contributed by atoms with van der Waals surface area (Å²) in [7, 11) is 0. The van der Waals surface area contributed by atoms with Crippen molar-refractivity contribution in [3.8, 4) is 11.3 Å². The molecule has 2 aromatic carbocycles. The summed E-state index contributed by atoms with van der Waals surface area (Å²) in [6.45, 7) is 7.05.